The van der Waals surface area contributed by atoms with E-state index in [0.717, 1.165) is 35.5 Å². The molecule has 0 N–H and O–H groups in total. The molecule has 0 bridgehead atoms. The number of hydrogen-bond acceptors (Lipinski definition) is 2. The fraction of sp³-hybridized carbons (Fsp3) is 0.905. The molecule has 0 aliphatic heterocycles. The summed E-state index contributed by atoms with van der Waals surface area (Å²) in [5, 5.41) is 0. The van der Waals surface area contributed by atoms with Crippen molar-refractivity contribution in [3.8, 4) is 0 Å². The lowest BCUT2D eigenvalue weighted by molar-refractivity contribution is -0.107. The van der Waals surface area contributed by atoms with Crippen LogP contribution in [0.2, 0.25) is 0 Å². The Morgan fingerprint density at radius 3 is 2.65 bits per heavy atom. The molecule has 3 rings (SSSR count). The Morgan fingerprint density at radius 2 is 1.96 bits per heavy atom. The SMILES string of the molecule is COCO[C@@H]1C[C@H]2/C(=C\[C@@H]3[C@@H](CC[C@H]3C)[C@@H]1C)CC[C@H]2C(C)C. The lowest BCUT2D eigenvalue weighted by Gasteiger charge is -2.38. The van der Waals surface area contributed by atoms with E-state index in [9.17, 15) is 0 Å². The first-order valence-electron chi connectivity index (χ1n) is 9.84. The van der Waals surface area contributed by atoms with Crippen molar-refractivity contribution >= 4 is 0 Å². The normalized spacial score (nSPS) is 46.0. The van der Waals surface area contributed by atoms with Crippen LogP contribution in [0.5, 0.6) is 0 Å². The zero-order valence-electron chi connectivity index (χ0n) is 15.8. The summed E-state index contributed by atoms with van der Waals surface area (Å²) in [6.45, 7) is 10.2. The molecule has 2 heteroatoms. The number of allylic oxidation sites excluding steroid dienone is 2. The molecule has 0 radical (unpaired) electrons. The van der Waals surface area contributed by atoms with Crippen molar-refractivity contribution < 1.29 is 9.47 Å². The van der Waals surface area contributed by atoms with Gasteiger partial charge in [-0.3, -0.25) is 0 Å². The summed E-state index contributed by atoms with van der Waals surface area (Å²) in [5.74, 6) is 5.44. The van der Waals surface area contributed by atoms with Gasteiger partial charge in [-0.25, -0.2) is 0 Å². The lowest BCUT2D eigenvalue weighted by Crippen LogP contribution is -2.36. The average molecular weight is 321 g/mol. The maximum absolute atomic E-state index is 6.21. The van der Waals surface area contributed by atoms with Gasteiger partial charge in [-0.2, -0.15) is 0 Å². The van der Waals surface area contributed by atoms with E-state index < -0.39 is 0 Å². The van der Waals surface area contributed by atoms with Crippen LogP contribution < -0.4 is 0 Å². The van der Waals surface area contributed by atoms with Gasteiger partial charge in [-0.1, -0.05) is 39.3 Å². The van der Waals surface area contributed by atoms with E-state index in [0.29, 0.717) is 18.8 Å². The predicted molar refractivity (Wildman–Crippen MR) is 95.0 cm³/mol. The van der Waals surface area contributed by atoms with Gasteiger partial charge in [0.15, 0.2) is 0 Å². The van der Waals surface area contributed by atoms with Gasteiger partial charge < -0.3 is 9.47 Å². The summed E-state index contributed by atoms with van der Waals surface area (Å²) in [6.07, 6.45) is 9.77. The zero-order chi connectivity index (χ0) is 16.6. The van der Waals surface area contributed by atoms with Gasteiger partial charge in [0.05, 0.1) is 6.10 Å². The van der Waals surface area contributed by atoms with Crippen molar-refractivity contribution in [1.82, 2.24) is 0 Å². The minimum absolute atomic E-state index is 0.362. The third kappa shape index (κ3) is 3.39. The van der Waals surface area contributed by atoms with E-state index in [4.69, 9.17) is 9.47 Å². The molecule has 3 aliphatic carbocycles. The van der Waals surface area contributed by atoms with Gasteiger partial charge in [0.1, 0.15) is 6.79 Å². The first-order chi connectivity index (χ1) is 11.0. The second kappa shape index (κ2) is 7.27. The van der Waals surface area contributed by atoms with Crippen LogP contribution in [0, 0.1) is 41.4 Å². The van der Waals surface area contributed by atoms with Crippen LogP contribution in [-0.2, 0) is 9.47 Å². The van der Waals surface area contributed by atoms with Gasteiger partial charge in [0.2, 0.25) is 0 Å². The summed E-state index contributed by atoms with van der Waals surface area (Å²) in [5.41, 5.74) is 1.77. The van der Waals surface area contributed by atoms with Crippen molar-refractivity contribution in [2.24, 2.45) is 41.4 Å². The molecular formula is C21H36O2. The quantitative estimate of drug-likeness (QED) is 0.518. The van der Waals surface area contributed by atoms with E-state index in [2.05, 4.69) is 33.8 Å². The Balaban J connectivity index is 1.90. The Kier molecular flexibility index (Phi) is 5.53. The monoisotopic (exact) mass is 320 g/mol. The van der Waals surface area contributed by atoms with E-state index in [-0.39, 0.29) is 0 Å². The van der Waals surface area contributed by atoms with Gasteiger partial charge >= 0.3 is 0 Å². The molecule has 3 aliphatic rings. The Morgan fingerprint density at radius 1 is 1.17 bits per heavy atom. The molecule has 7 atom stereocenters. The highest BCUT2D eigenvalue weighted by Crippen LogP contribution is 2.52. The van der Waals surface area contributed by atoms with Gasteiger partial charge in [0, 0.05) is 7.11 Å². The number of ether oxygens (including phenoxy) is 2. The van der Waals surface area contributed by atoms with Crippen LogP contribution in [0.15, 0.2) is 11.6 Å². The van der Waals surface area contributed by atoms with E-state index in [1.807, 2.05) is 0 Å². The second-order valence-corrected chi connectivity index (χ2v) is 8.80. The van der Waals surface area contributed by atoms with Crippen LogP contribution in [0.1, 0.15) is 59.8 Å². The minimum atomic E-state index is 0.362. The van der Waals surface area contributed by atoms with Crippen molar-refractivity contribution in [2.45, 2.75) is 65.9 Å². The van der Waals surface area contributed by atoms with Crippen LogP contribution in [0.4, 0.5) is 0 Å². The maximum atomic E-state index is 6.21. The van der Waals surface area contributed by atoms with Crippen molar-refractivity contribution in [3.05, 3.63) is 11.6 Å². The number of hydrogen-bond donors (Lipinski definition) is 0. The molecule has 2 saturated carbocycles. The topological polar surface area (TPSA) is 18.5 Å². The molecule has 0 saturated heterocycles. The highest BCUT2D eigenvalue weighted by Gasteiger charge is 2.44. The third-order valence-electron chi connectivity index (χ3n) is 7.28. The fourth-order valence-corrected chi connectivity index (χ4v) is 5.85. The van der Waals surface area contributed by atoms with Gasteiger partial charge in [-0.05, 0) is 73.5 Å². The number of methoxy groups -OCH3 is 1. The molecule has 2 fully saturated rings. The van der Waals surface area contributed by atoms with Crippen LogP contribution >= 0.6 is 0 Å². The zero-order valence-corrected chi connectivity index (χ0v) is 15.8. The highest BCUT2D eigenvalue weighted by atomic mass is 16.7. The molecule has 0 unspecified atom stereocenters. The average Bonchev–Trinajstić information content (AvgIpc) is 3.06. The van der Waals surface area contributed by atoms with Crippen molar-refractivity contribution in [2.75, 3.05) is 13.9 Å². The molecule has 0 heterocycles. The predicted octanol–water partition coefficient (Wildman–Crippen LogP) is 5.29. The molecule has 23 heavy (non-hydrogen) atoms. The summed E-state index contributed by atoms with van der Waals surface area (Å²) in [7, 11) is 1.74. The molecule has 0 amide bonds. The van der Waals surface area contributed by atoms with Crippen LogP contribution in [0.25, 0.3) is 0 Å². The molecule has 0 aromatic heterocycles. The van der Waals surface area contributed by atoms with Gasteiger partial charge in [0.25, 0.3) is 0 Å². The van der Waals surface area contributed by atoms with Gasteiger partial charge in [-0.15, -0.1) is 0 Å². The summed E-state index contributed by atoms with van der Waals surface area (Å²) in [4.78, 5) is 0. The number of rotatable bonds is 4. The highest BCUT2D eigenvalue weighted by molar-refractivity contribution is 5.19. The number of fused-ring (bicyclic) bond motifs is 2. The summed E-state index contributed by atoms with van der Waals surface area (Å²) < 4.78 is 11.5. The second-order valence-electron chi connectivity index (χ2n) is 8.80. The van der Waals surface area contributed by atoms with Crippen molar-refractivity contribution in [1.29, 1.82) is 0 Å². The Labute approximate surface area is 143 Å². The standard InChI is InChI=1S/C21H36O2/c1-13(2)17-9-7-16-10-19-14(3)6-8-18(19)15(4)21(11-20(16)17)23-12-22-5/h10,13-15,17-21H,6-9,11-12H2,1-5H3/b16-10-/t14-,15+,17+,18+,19+,20+,21-/m1/s1. The van der Waals surface area contributed by atoms with E-state index >= 15 is 0 Å². The first-order valence-corrected chi connectivity index (χ1v) is 9.84. The molecule has 0 aromatic rings. The smallest absolute Gasteiger partial charge is 0.146 e. The minimum Gasteiger partial charge on any atom is -0.359 e. The Hall–Kier alpha value is -0.340. The molecule has 0 aromatic carbocycles. The molecular weight excluding hydrogens is 284 g/mol. The fourth-order valence-electron chi connectivity index (χ4n) is 5.85. The van der Waals surface area contributed by atoms with E-state index in [1.54, 1.807) is 12.7 Å². The Bertz CT molecular complexity index is 428. The molecule has 132 valence electrons. The van der Waals surface area contributed by atoms with Crippen LogP contribution in [-0.4, -0.2) is 20.0 Å². The largest absolute Gasteiger partial charge is 0.359 e. The van der Waals surface area contributed by atoms with Crippen molar-refractivity contribution in [3.63, 3.8) is 0 Å². The summed E-state index contributed by atoms with van der Waals surface area (Å²) >= 11 is 0. The van der Waals surface area contributed by atoms with E-state index in [1.165, 1.54) is 32.1 Å². The maximum Gasteiger partial charge on any atom is 0.146 e. The third-order valence-corrected chi connectivity index (χ3v) is 7.28. The summed E-state index contributed by atoms with van der Waals surface area (Å²) in [6, 6.07) is 0. The lowest BCUT2D eigenvalue weighted by atomic mass is 9.71. The molecule has 0 spiro atoms. The molecule has 2 nitrogen and oxygen atoms in total. The first kappa shape index (κ1) is 17.5. The van der Waals surface area contributed by atoms with Crippen LogP contribution in [0.3, 0.4) is 0 Å².